The third-order valence-corrected chi connectivity index (χ3v) is 6.95. The van der Waals surface area contributed by atoms with E-state index in [2.05, 4.69) is 22.9 Å². The van der Waals surface area contributed by atoms with Gasteiger partial charge in [0.15, 0.2) is 6.61 Å². The van der Waals surface area contributed by atoms with Gasteiger partial charge in [-0.15, -0.1) is 11.8 Å². The molecule has 6 nitrogen and oxygen atoms in total. The molecule has 2 bridgehead atoms. The van der Waals surface area contributed by atoms with E-state index in [1.54, 1.807) is 11.8 Å². The van der Waals surface area contributed by atoms with Gasteiger partial charge in [0.25, 0.3) is 5.91 Å². The van der Waals surface area contributed by atoms with Gasteiger partial charge in [-0.2, -0.15) is 0 Å². The van der Waals surface area contributed by atoms with E-state index in [1.165, 1.54) is 12.1 Å². The van der Waals surface area contributed by atoms with Gasteiger partial charge in [-0.1, -0.05) is 11.6 Å². The highest BCUT2D eigenvalue weighted by Crippen LogP contribution is 2.60. The molecule has 1 aromatic rings. The number of amides is 2. The van der Waals surface area contributed by atoms with Crippen LogP contribution in [0.5, 0.6) is 5.75 Å². The predicted molar refractivity (Wildman–Crippen MR) is 101 cm³/mol. The quantitative estimate of drug-likeness (QED) is 0.663. The van der Waals surface area contributed by atoms with Crippen molar-refractivity contribution in [2.45, 2.75) is 48.7 Å². The molecular weight excluding hydrogens is 393 g/mol. The molecule has 27 heavy (non-hydrogen) atoms. The molecule has 9 heteroatoms. The monoisotopic (exact) mass is 413 g/mol. The minimum absolute atomic E-state index is 0.00803. The van der Waals surface area contributed by atoms with Gasteiger partial charge in [0.1, 0.15) is 16.9 Å². The van der Waals surface area contributed by atoms with Gasteiger partial charge in [-0.25, -0.2) is 4.39 Å². The van der Waals surface area contributed by atoms with Crippen molar-refractivity contribution in [2.75, 3.05) is 12.4 Å². The van der Waals surface area contributed by atoms with E-state index in [-0.39, 0.29) is 45.6 Å². The van der Waals surface area contributed by atoms with Gasteiger partial charge in [-0.05, 0) is 38.3 Å². The number of carbonyl (C=O) groups is 2. The van der Waals surface area contributed by atoms with Gasteiger partial charge in [-0.3, -0.25) is 14.9 Å². The highest BCUT2D eigenvalue weighted by atomic mass is 35.5. The molecule has 1 aromatic carbocycles. The lowest BCUT2D eigenvalue weighted by molar-refractivity contribution is -0.150. The minimum atomic E-state index is -0.587. The summed E-state index contributed by atoms with van der Waals surface area (Å²) in [6.45, 7) is 1.87. The standard InChI is InChI=1S/C18H21ClFN3O3S/c1-10-6-27-16(21-10)15(25)23-18-7-17(8-18,9-18)22-14(24)5-26-11-2-3-12(19)13(20)4-11/h2-4,10,16,21H,5-9H2,1H3,(H,22,24)(H,23,25). The Hall–Kier alpha value is -1.51. The van der Waals surface area contributed by atoms with Crippen LogP contribution in [-0.4, -0.2) is 46.7 Å². The molecule has 1 saturated heterocycles. The van der Waals surface area contributed by atoms with Crippen molar-refractivity contribution in [3.63, 3.8) is 0 Å². The predicted octanol–water partition coefficient (Wildman–Crippen LogP) is 1.82. The second kappa shape index (κ2) is 6.83. The second-order valence-electron chi connectivity index (χ2n) is 7.77. The van der Waals surface area contributed by atoms with Gasteiger partial charge >= 0.3 is 0 Å². The van der Waals surface area contributed by atoms with Gasteiger partial charge in [0.05, 0.1) is 5.02 Å². The van der Waals surface area contributed by atoms with E-state index in [0.29, 0.717) is 6.04 Å². The van der Waals surface area contributed by atoms with Crippen LogP contribution >= 0.6 is 23.4 Å². The highest BCUT2D eigenvalue weighted by Gasteiger charge is 2.69. The Balaban J connectivity index is 1.20. The van der Waals surface area contributed by atoms with E-state index >= 15 is 0 Å². The molecule has 146 valence electrons. The van der Waals surface area contributed by atoms with Crippen LogP contribution in [0.15, 0.2) is 18.2 Å². The summed E-state index contributed by atoms with van der Waals surface area (Å²) in [5.41, 5.74) is -0.429. The Bertz CT molecular complexity index is 773. The van der Waals surface area contributed by atoms with E-state index in [9.17, 15) is 14.0 Å². The van der Waals surface area contributed by atoms with Gasteiger partial charge < -0.3 is 15.4 Å². The Kier molecular flexibility index (Phi) is 4.76. The number of thioether (sulfide) groups is 1. The molecule has 0 radical (unpaired) electrons. The first-order valence-electron chi connectivity index (χ1n) is 8.87. The lowest BCUT2D eigenvalue weighted by atomic mass is 9.44. The maximum atomic E-state index is 13.4. The van der Waals surface area contributed by atoms with Crippen molar-refractivity contribution >= 4 is 35.2 Å². The molecule has 3 aliphatic carbocycles. The Morgan fingerprint density at radius 2 is 2.04 bits per heavy atom. The molecule has 1 heterocycles. The molecule has 3 saturated carbocycles. The second-order valence-corrected chi connectivity index (χ2v) is 9.32. The van der Waals surface area contributed by atoms with E-state index in [4.69, 9.17) is 16.3 Å². The summed E-state index contributed by atoms with van der Waals surface area (Å²) in [5.74, 6) is 0.367. The topological polar surface area (TPSA) is 79.5 Å². The number of benzene rings is 1. The highest BCUT2D eigenvalue weighted by molar-refractivity contribution is 8.00. The van der Waals surface area contributed by atoms with Crippen molar-refractivity contribution in [3.8, 4) is 5.75 Å². The molecule has 0 spiro atoms. The molecule has 5 rings (SSSR count). The maximum Gasteiger partial charge on any atom is 0.258 e. The number of hydrogen-bond acceptors (Lipinski definition) is 5. The summed E-state index contributed by atoms with van der Waals surface area (Å²) in [4.78, 5) is 24.4. The first-order valence-corrected chi connectivity index (χ1v) is 10.3. The zero-order valence-electron chi connectivity index (χ0n) is 14.8. The smallest absolute Gasteiger partial charge is 0.258 e. The Morgan fingerprint density at radius 3 is 2.67 bits per heavy atom. The number of carbonyl (C=O) groups excluding carboxylic acids is 2. The van der Waals surface area contributed by atoms with Crippen molar-refractivity contribution in [2.24, 2.45) is 0 Å². The lowest BCUT2D eigenvalue weighted by Crippen LogP contribution is -2.84. The largest absolute Gasteiger partial charge is 0.484 e. The van der Waals surface area contributed by atoms with Crippen LogP contribution < -0.4 is 20.7 Å². The lowest BCUT2D eigenvalue weighted by Gasteiger charge is -2.70. The molecule has 3 N–H and O–H groups in total. The van der Waals surface area contributed by atoms with Crippen LogP contribution in [0.2, 0.25) is 5.02 Å². The molecular formula is C18H21ClFN3O3S. The minimum Gasteiger partial charge on any atom is -0.484 e. The fourth-order valence-electron chi connectivity index (χ4n) is 4.17. The van der Waals surface area contributed by atoms with Crippen LogP contribution in [-0.2, 0) is 9.59 Å². The molecule has 2 atom stereocenters. The molecule has 2 amide bonds. The fourth-order valence-corrected chi connectivity index (χ4v) is 5.41. The summed E-state index contributed by atoms with van der Waals surface area (Å²) in [5, 5.41) is 9.18. The van der Waals surface area contributed by atoms with Crippen molar-refractivity contribution in [1.29, 1.82) is 0 Å². The number of nitrogens with one attached hydrogen (secondary N) is 3. The van der Waals surface area contributed by atoms with Crippen LogP contribution in [0.25, 0.3) is 0 Å². The van der Waals surface area contributed by atoms with Crippen molar-refractivity contribution in [1.82, 2.24) is 16.0 Å². The first kappa shape index (κ1) is 18.8. The van der Waals surface area contributed by atoms with E-state index < -0.39 is 5.82 Å². The third-order valence-electron chi connectivity index (χ3n) is 5.27. The maximum absolute atomic E-state index is 13.4. The number of hydrogen-bond donors (Lipinski definition) is 3. The molecule has 1 aliphatic heterocycles. The average Bonchev–Trinajstić information content (AvgIpc) is 2.99. The molecule has 2 unspecified atom stereocenters. The summed E-state index contributed by atoms with van der Waals surface area (Å²) >= 11 is 7.24. The third kappa shape index (κ3) is 3.75. The Morgan fingerprint density at radius 1 is 1.33 bits per heavy atom. The normalized spacial score (nSPS) is 33.6. The van der Waals surface area contributed by atoms with Crippen LogP contribution in [0, 0.1) is 5.82 Å². The summed E-state index contributed by atoms with van der Waals surface area (Å²) < 4.78 is 18.7. The van der Waals surface area contributed by atoms with Crippen LogP contribution in [0.1, 0.15) is 26.2 Å². The van der Waals surface area contributed by atoms with Crippen LogP contribution in [0.3, 0.4) is 0 Å². The summed E-state index contributed by atoms with van der Waals surface area (Å²) in [6, 6.07) is 4.39. The zero-order chi connectivity index (χ0) is 19.2. The summed E-state index contributed by atoms with van der Waals surface area (Å²) in [6.07, 6.45) is 2.21. The SMILES string of the molecule is CC1CSC(C(=O)NC23CC(NC(=O)COc4ccc(Cl)c(F)c4)(C2)C3)N1. The van der Waals surface area contributed by atoms with Crippen molar-refractivity contribution < 1.29 is 18.7 Å². The zero-order valence-corrected chi connectivity index (χ0v) is 16.4. The number of rotatable bonds is 6. The first-order chi connectivity index (χ1) is 12.8. The van der Waals surface area contributed by atoms with Crippen molar-refractivity contribution in [3.05, 3.63) is 29.0 Å². The fraction of sp³-hybridized carbons (Fsp3) is 0.556. The average molecular weight is 414 g/mol. The molecule has 0 aromatic heterocycles. The van der Waals surface area contributed by atoms with E-state index in [1.807, 2.05) is 0 Å². The molecule has 4 fully saturated rings. The van der Waals surface area contributed by atoms with Crippen LogP contribution in [0.4, 0.5) is 4.39 Å². The number of ether oxygens (including phenoxy) is 1. The Labute approximate surface area is 165 Å². The van der Waals surface area contributed by atoms with Gasteiger partial charge in [0.2, 0.25) is 5.91 Å². The molecule has 4 aliphatic rings. The van der Waals surface area contributed by atoms with Gasteiger partial charge in [0, 0.05) is 28.9 Å². The van der Waals surface area contributed by atoms with E-state index in [0.717, 1.165) is 31.1 Å². The summed E-state index contributed by atoms with van der Waals surface area (Å²) in [7, 11) is 0. The number of halogens is 2.